The minimum absolute atomic E-state index is 0.0923. The lowest BCUT2D eigenvalue weighted by Crippen LogP contribution is -2.58. The molecule has 4 aliphatic rings. The molecule has 0 aromatic rings. The van der Waals surface area contributed by atoms with Crippen LogP contribution in [0.1, 0.15) is 71.6 Å². The number of carbonyl (C=O) groups excluding carboxylic acids is 2. The molecular weight excluding hydrogens is 433 g/mol. The van der Waals surface area contributed by atoms with Gasteiger partial charge in [-0.15, -0.1) is 6.58 Å². The average molecular weight is 470 g/mol. The second-order valence-corrected chi connectivity index (χ2v) is 12.4. The Bertz CT molecular complexity index is 757. The third-order valence-electron chi connectivity index (χ3n) is 9.86. The molecule has 6 heteroatoms. The van der Waals surface area contributed by atoms with Crippen LogP contribution in [0.4, 0.5) is 0 Å². The van der Waals surface area contributed by atoms with Gasteiger partial charge in [-0.25, -0.2) is 0 Å². The third-order valence-corrected chi connectivity index (χ3v) is 10.2. The van der Waals surface area contributed by atoms with E-state index in [-0.39, 0.29) is 23.3 Å². The van der Waals surface area contributed by atoms with Gasteiger partial charge in [-0.2, -0.15) is 0 Å². The molecule has 0 aromatic carbocycles. The molecular formula is C25H37Cl2NO3. The molecule has 0 spiro atoms. The van der Waals surface area contributed by atoms with E-state index in [0.717, 1.165) is 44.9 Å². The summed E-state index contributed by atoms with van der Waals surface area (Å²) < 4.78 is 0. The minimum atomic E-state index is -1.13. The van der Waals surface area contributed by atoms with Gasteiger partial charge in [-0.3, -0.25) is 9.59 Å². The van der Waals surface area contributed by atoms with Crippen LogP contribution in [0.3, 0.4) is 0 Å². The van der Waals surface area contributed by atoms with Crippen LogP contribution in [0.2, 0.25) is 0 Å². The van der Waals surface area contributed by atoms with E-state index in [1.165, 1.54) is 0 Å². The molecule has 4 nitrogen and oxygen atoms in total. The zero-order valence-corrected chi connectivity index (χ0v) is 20.4. The summed E-state index contributed by atoms with van der Waals surface area (Å²) in [5.41, 5.74) is -0.799. The number of aliphatic hydroxyl groups is 1. The van der Waals surface area contributed by atoms with Gasteiger partial charge in [0.1, 0.15) is 5.78 Å². The molecule has 0 heterocycles. The van der Waals surface area contributed by atoms with E-state index in [2.05, 4.69) is 20.4 Å². The van der Waals surface area contributed by atoms with Gasteiger partial charge >= 0.3 is 0 Å². The molecule has 7 atom stereocenters. The fraction of sp³-hybridized carbons (Fsp3) is 0.840. The molecule has 0 bridgehead atoms. The van der Waals surface area contributed by atoms with Gasteiger partial charge in [0, 0.05) is 24.9 Å². The standard InChI is InChI=1S/C25H37Cl2NO3/c1-4-13-28(22(30)21(26)27)15-25(31)12-11-23(2)16(14-25)5-6-17-18-7-8-20(29)24(18,3)10-9-19(17)23/h4,16-19,21,31H,1,5-15H2,2-3H3/t16-,17-,18-,19-,23-,24-,25+/m0/s1. The van der Waals surface area contributed by atoms with Crippen molar-refractivity contribution in [2.45, 2.75) is 82.1 Å². The molecule has 174 valence electrons. The zero-order valence-electron chi connectivity index (χ0n) is 18.9. The highest BCUT2D eigenvalue weighted by Crippen LogP contribution is 2.66. The quantitative estimate of drug-likeness (QED) is 0.447. The maximum Gasteiger partial charge on any atom is 0.256 e. The predicted octanol–water partition coefficient (Wildman–Crippen LogP) is 5.15. The van der Waals surface area contributed by atoms with Crippen LogP contribution in [0.5, 0.6) is 0 Å². The predicted molar refractivity (Wildman–Crippen MR) is 124 cm³/mol. The summed E-state index contributed by atoms with van der Waals surface area (Å²) in [5.74, 6) is 2.39. The number of ketones is 1. The molecule has 4 aliphatic carbocycles. The number of halogens is 2. The number of amides is 1. The lowest BCUT2D eigenvalue weighted by molar-refractivity contribution is -0.160. The largest absolute Gasteiger partial charge is 0.388 e. The van der Waals surface area contributed by atoms with Crippen LogP contribution >= 0.6 is 23.2 Å². The molecule has 4 fully saturated rings. The van der Waals surface area contributed by atoms with Crippen LogP contribution in [-0.4, -0.2) is 45.2 Å². The summed E-state index contributed by atoms with van der Waals surface area (Å²) in [6.45, 7) is 8.98. The van der Waals surface area contributed by atoms with Gasteiger partial charge in [-0.1, -0.05) is 43.1 Å². The van der Waals surface area contributed by atoms with Gasteiger partial charge < -0.3 is 10.0 Å². The molecule has 0 unspecified atom stereocenters. The van der Waals surface area contributed by atoms with Crippen molar-refractivity contribution in [1.82, 2.24) is 4.90 Å². The van der Waals surface area contributed by atoms with Crippen LogP contribution in [-0.2, 0) is 9.59 Å². The Balaban J connectivity index is 1.50. The maximum atomic E-state index is 12.6. The first kappa shape index (κ1) is 23.6. The molecule has 31 heavy (non-hydrogen) atoms. The number of rotatable bonds is 5. The number of carbonyl (C=O) groups is 2. The smallest absolute Gasteiger partial charge is 0.256 e. The van der Waals surface area contributed by atoms with Crippen molar-refractivity contribution < 1.29 is 14.7 Å². The number of alkyl halides is 2. The van der Waals surface area contributed by atoms with Crippen molar-refractivity contribution in [3.05, 3.63) is 12.7 Å². The second-order valence-electron chi connectivity index (χ2n) is 11.3. The fourth-order valence-corrected chi connectivity index (χ4v) is 8.39. The van der Waals surface area contributed by atoms with E-state index < -0.39 is 10.4 Å². The Morgan fingerprint density at radius 1 is 1.19 bits per heavy atom. The Labute approximate surface area is 196 Å². The number of hydrogen-bond donors (Lipinski definition) is 1. The van der Waals surface area contributed by atoms with E-state index in [0.29, 0.717) is 48.8 Å². The SMILES string of the molecule is C=CCN(C[C@@]1(O)CC[C@@]2(C)[C@@H](CC[C@@H]3[C@@H]2CC[C@]2(C)C(=O)CC[C@@H]32)C1)C(=O)C(Cl)Cl. The Hall–Kier alpha value is -0.580. The Kier molecular flexibility index (Phi) is 6.33. The number of Topliss-reactive ketones (excluding diaryl/α,β-unsaturated/α-hetero) is 1. The van der Waals surface area contributed by atoms with Gasteiger partial charge in [0.25, 0.3) is 5.91 Å². The number of hydrogen-bond acceptors (Lipinski definition) is 3. The lowest BCUT2D eigenvalue weighted by atomic mass is 9.44. The van der Waals surface area contributed by atoms with E-state index >= 15 is 0 Å². The maximum absolute atomic E-state index is 12.6. The molecule has 0 saturated heterocycles. The second kappa shape index (κ2) is 8.33. The molecule has 0 aromatic heterocycles. The molecule has 4 saturated carbocycles. The zero-order chi connectivity index (χ0) is 22.6. The van der Waals surface area contributed by atoms with Crippen molar-refractivity contribution in [3.63, 3.8) is 0 Å². The van der Waals surface area contributed by atoms with Gasteiger partial charge in [0.2, 0.25) is 0 Å². The summed E-state index contributed by atoms with van der Waals surface area (Å²) >= 11 is 11.7. The minimum Gasteiger partial charge on any atom is -0.388 e. The van der Waals surface area contributed by atoms with E-state index in [1.807, 2.05) is 0 Å². The van der Waals surface area contributed by atoms with Gasteiger partial charge in [0.15, 0.2) is 4.84 Å². The average Bonchev–Trinajstić information content (AvgIpc) is 3.02. The van der Waals surface area contributed by atoms with E-state index in [9.17, 15) is 14.7 Å². The van der Waals surface area contributed by atoms with Crippen molar-refractivity contribution in [2.75, 3.05) is 13.1 Å². The van der Waals surface area contributed by atoms with Crippen LogP contribution in [0.15, 0.2) is 12.7 Å². The van der Waals surface area contributed by atoms with Crippen molar-refractivity contribution >= 4 is 34.9 Å². The number of fused-ring (bicyclic) bond motifs is 5. The summed E-state index contributed by atoms with van der Waals surface area (Å²) in [4.78, 5) is 25.5. The lowest BCUT2D eigenvalue weighted by Gasteiger charge is -2.61. The molecule has 0 radical (unpaired) electrons. The summed E-state index contributed by atoms with van der Waals surface area (Å²) in [6, 6.07) is 0. The molecule has 4 rings (SSSR count). The van der Waals surface area contributed by atoms with Gasteiger partial charge in [0.05, 0.1) is 5.60 Å². The highest BCUT2D eigenvalue weighted by atomic mass is 35.5. The van der Waals surface area contributed by atoms with Crippen molar-refractivity contribution in [3.8, 4) is 0 Å². The van der Waals surface area contributed by atoms with Gasteiger partial charge in [-0.05, 0) is 80.5 Å². The summed E-state index contributed by atoms with van der Waals surface area (Å²) in [5, 5.41) is 11.5. The first-order chi connectivity index (χ1) is 14.5. The number of nitrogens with zero attached hydrogens (tertiary/aromatic N) is 1. The highest BCUT2D eigenvalue weighted by molar-refractivity contribution is 6.53. The van der Waals surface area contributed by atoms with Crippen molar-refractivity contribution in [2.24, 2.45) is 34.5 Å². The summed E-state index contributed by atoms with van der Waals surface area (Å²) in [7, 11) is 0. The molecule has 1 N–H and O–H groups in total. The van der Waals surface area contributed by atoms with E-state index in [1.54, 1.807) is 11.0 Å². The van der Waals surface area contributed by atoms with E-state index in [4.69, 9.17) is 23.2 Å². The third kappa shape index (κ3) is 3.89. The fourth-order valence-electron chi connectivity index (χ4n) is 8.12. The first-order valence-corrected chi connectivity index (χ1v) is 12.8. The van der Waals surface area contributed by atoms with Crippen LogP contribution in [0.25, 0.3) is 0 Å². The van der Waals surface area contributed by atoms with Crippen LogP contribution < -0.4 is 0 Å². The van der Waals surface area contributed by atoms with Crippen LogP contribution in [0, 0.1) is 34.5 Å². The molecule has 0 aliphatic heterocycles. The monoisotopic (exact) mass is 469 g/mol. The Morgan fingerprint density at radius 2 is 1.94 bits per heavy atom. The van der Waals surface area contributed by atoms with Crippen molar-refractivity contribution in [1.29, 1.82) is 0 Å². The topological polar surface area (TPSA) is 57.6 Å². The normalized spacial score (nSPS) is 44.4. The summed E-state index contributed by atoms with van der Waals surface area (Å²) in [6.07, 6.45) is 10.3. The first-order valence-electron chi connectivity index (χ1n) is 12.0. The Morgan fingerprint density at radius 3 is 2.61 bits per heavy atom. The molecule has 1 amide bonds. The highest BCUT2D eigenvalue weighted by Gasteiger charge is 2.61.